The smallest absolute Gasteiger partial charge is 0.264 e. The van der Waals surface area contributed by atoms with Gasteiger partial charge in [-0.05, 0) is 58.4 Å². The van der Waals surface area contributed by atoms with Crippen molar-refractivity contribution < 1.29 is 9.59 Å². The van der Waals surface area contributed by atoms with Crippen molar-refractivity contribution in [2.45, 2.75) is 46.7 Å². The minimum Gasteiger partial charge on any atom is -0.350 e. The highest BCUT2D eigenvalue weighted by Crippen LogP contribution is 2.30. The molecule has 0 spiro atoms. The lowest BCUT2D eigenvalue weighted by atomic mass is 10.1. The van der Waals surface area contributed by atoms with Crippen LogP contribution in [0.25, 0.3) is 10.2 Å². The van der Waals surface area contributed by atoms with Crippen molar-refractivity contribution >= 4 is 45.0 Å². The van der Waals surface area contributed by atoms with Crippen LogP contribution in [0.5, 0.6) is 0 Å². The summed E-state index contributed by atoms with van der Waals surface area (Å²) in [7, 11) is 0. The number of rotatable bonds is 6. The maximum Gasteiger partial charge on any atom is 0.264 e. The van der Waals surface area contributed by atoms with Gasteiger partial charge < -0.3 is 10.2 Å². The maximum atomic E-state index is 13.1. The zero-order valence-electron chi connectivity index (χ0n) is 18.0. The average molecular weight is 447 g/mol. The van der Waals surface area contributed by atoms with E-state index in [0.29, 0.717) is 23.0 Å². The van der Waals surface area contributed by atoms with Crippen LogP contribution < -0.4 is 5.32 Å². The van der Waals surface area contributed by atoms with Crippen LogP contribution in [0.15, 0.2) is 30.3 Å². The van der Waals surface area contributed by atoms with Crippen LogP contribution in [-0.4, -0.2) is 45.1 Å². The van der Waals surface area contributed by atoms with E-state index in [2.05, 4.69) is 10.4 Å². The lowest BCUT2D eigenvalue weighted by Gasteiger charge is -2.24. The molecule has 3 aromatic rings. The molecule has 30 heavy (non-hydrogen) atoms. The summed E-state index contributed by atoms with van der Waals surface area (Å²) >= 11 is 7.39. The van der Waals surface area contributed by atoms with E-state index in [0.717, 1.165) is 21.5 Å². The summed E-state index contributed by atoms with van der Waals surface area (Å²) in [4.78, 5) is 28.5. The topological polar surface area (TPSA) is 67.2 Å². The summed E-state index contributed by atoms with van der Waals surface area (Å²) in [6.45, 7) is 10.7. The SMILES string of the molecule is CCN(CC(=O)NC(C)(C)C)C(=O)c1cc2c(C)nn(Cc3ccc(Cl)cc3)c2s1. The first-order valence-electron chi connectivity index (χ1n) is 9.89. The molecule has 0 atom stereocenters. The largest absolute Gasteiger partial charge is 0.350 e. The van der Waals surface area contributed by atoms with Gasteiger partial charge in [-0.1, -0.05) is 23.7 Å². The van der Waals surface area contributed by atoms with Crippen LogP contribution >= 0.6 is 22.9 Å². The Kier molecular flexibility index (Phi) is 6.53. The Bertz CT molecular complexity index is 1060. The Balaban J connectivity index is 1.82. The van der Waals surface area contributed by atoms with E-state index >= 15 is 0 Å². The maximum absolute atomic E-state index is 13.1. The molecule has 1 N–H and O–H groups in total. The highest BCUT2D eigenvalue weighted by molar-refractivity contribution is 7.20. The number of carbonyl (C=O) groups is 2. The number of benzene rings is 1. The first-order chi connectivity index (χ1) is 14.1. The normalized spacial score (nSPS) is 11.7. The summed E-state index contributed by atoms with van der Waals surface area (Å²) in [6, 6.07) is 9.54. The number of halogens is 1. The lowest BCUT2D eigenvalue weighted by Crippen LogP contribution is -2.47. The molecule has 0 aliphatic rings. The fourth-order valence-corrected chi connectivity index (χ4v) is 4.46. The van der Waals surface area contributed by atoms with Crippen molar-refractivity contribution in [3.05, 3.63) is 51.5 Å². The van der Waals surface area contributed by atoms with Gasteiger partial charge in [0.1, 0.15) is 4.83 Å². The fourth-order valence-electron chi connectivity index (χ4n) is 3.20. The van der Waals surface area contributed by atoms with Crippen molar-refractivity contribution in [1.29, 1.82) is 0 Å². The third kappa shape index (κ3) is 5.21. The standard InChI is InChI=1S/C22H27ClN4O2S/c1-6-26(13-19(28)24-22(3,4)5)20(29)18-11-17-14(2)25-27(21(17)30-18)12-15-7-9-16(23)10-8-15/h7-11H,6,12-13H2,1-5H3,(H,24,28). The molecular weight excluding hydrogens is 420 g/mol. The van der Waals surface area contributed by atoms with E-state index in [1.165, 1.54) is 11.3 Å². The van der Waals surface area contributed by atoms with Crippen molar-refractivity contribution in [1.82, 2.24) is 20.0 Å². The van der Waals surface area contributed by atoms with Crippen LogP contribution in [0, 0.1) is 6.92 Å². The van der Waals surface area contributed by atoms with Crippen LogP contribution in [-0.2, 0) is 11.3 Å². The number of hydrogen-bond donors (Lipinski definition) is 1. The molecule has 160 valence electrons. The second-order valence-electron chi connectivity index (χ2n) is 8.32. The predicted molar refractivity (Wildman–Crippen MR) is 122 cm³/mol. The summed E-state index contributed by atoms with van der Waals surface area (Å²) in [5.41, 5.74) is 1.63. The van der Waals surface area contributed by atoms with Crippen molar-refractivity contribution in [3.8, 4) is 0 Å². The van der Waals surface area contributed by atoms with Gasteiger partial charge in [0, 0.05) is 22.5 Å². The van der Waals surface area contributed by atoms with E-state index in [1.54, 1.807) is 4.90 Å². The zero-order chi connectivity index (χ0) is 22.1. The Morgan fingerprint density at radius 2 is 1.90 bits per heavy atom. The highest BCUT2D eigenvalue weighted by Gasteiger charge is 2.23. The van der Waals surface area contributed by atoms with E-state index in [4.69, 9.17) is 11.6 Å². The van der Waals surface area contributed by atoms with E-state index < -0.39 is 0 Å². The van der Waals surface area contributed by atoms with Gasteiger partial charge in [-0.3, -0.25) is 14.3 Å². The Labute approximate surface area is 185 Å². The number of fused-ring (bicyclic) bond motifs is 1. The van der Waals surface area contributed by atoms with Crippen LogP contribution in [0.3, 0.4) is 0 Å². The summed E-state index contributed by atoms with van der Waals surface area (Å²) in [5, 5.41) is 9.19. The molecule has 8 heteroatoms. The second kappa shape index (κ2) is 8.78. The van der Waals surface area contributed by atoms with Gasteiger partial charge in [-0.2, -0.15) is 5.10 Å². The average Bonchev–Trinajstić information content (AvgIpc) is 3.21. The molecule has 2 aromatic heterocycles. The van der Waals surface area contributed by atoms with Gasteiger partial charge in [-0.15, -0.1) is 11.3 Å². The molecule has 0 saturated heterocycles. The van der Waals surface area contributed by atoms with Crippen molar-refractivity contribution in [2.24, 2.45) is 0 Å². The Morgan fingerprint density at radius 3 is 2.50 bits per heavy atom. The van der Waals surface area contributed by atoms with Crippen LogP contribution in [0.2, 0.25) is 5.02 Å². The number of thiophene rings is 1. The summed E-state index contributed by atoms with van der Waals surface area (Å²) in [5.74, 6) is -0.302. The first kappa shape index (κ1) is 22.3. The van der Waals surface area contributed by atoms with Gasteiger partial charge in [0.2, 0.25) is 5.91 Å². The third-order valence-electron chi connectivity index (χ3n) is 4.58. The number of nitrogens with one attached hydrogen (secondary N) is 1. The molecule has 0 saturated carbocycles. The molecule has 0 aliphatic carbocycles. The quantitative estimate of drug-likeness (QED) is 0.606. The number of likely N-dealkylation sites (N-methyl/N-ethyl adjacent to an activating group) is 1. The molecule has 2 amide bonds. The van der Waals surface area contributed by atoms with E-state index in [9.17, 15) is 9.59 Å². The minimum absolute atomic E-state index is 0.0384. The van der Waals surface area contributed by atoms with E-state index in [-0.39, 0.29) is 23.9 Å². The number of aryl methyl sites for hydroxylation is 1. The predicted octanol–water partition coefficient (Wildman–Crippen LogP) is 4.48. The molecule has 0 fully saturated rings. The van der Waals surface area contributed by atoms with Crippen LogP contribution in [0.4, 0.5) is 0 Å². The highest BCUT2D eigenvalue weighted by atomic mass is 35.5. The lowest BCUT2D eigenvalue weighted by molar-refractivity contribution is -0.123. The molecule has 3 rings (SSSR count). The molecule has 6 nitrogen and oxygen atoms in total. The van der Waals surface area contributed by atoms with Gasteiger partial charge in [0.15, 0.2) is 0 Å². The van der Waals surface area contributed by atoms with Crippen molar-refractivity contribution in [2.75, 3.05) is 13.1 Å². The molecule has 1 aromatic carbocycles. The monoisotopic (exact) mass is 446 g/mol. The number of carbonyl (C=O) groups excluding carboxylic acids is 2. The van der Waals surface area contributed by atoms with Gasteiger partial charge in [0.25, 0.3) is 5.91 Å². The first-order valence-corrected chi connectivity index (χ1v) is 11.1. The molecule has 0 radical (unpaired) electrons. The van der Waals surface area contributed by atoms with Crippen LogP contribution in [0.1, 0.15) is 48.6 Å². The fraction of sp³-hybridized carbons (Fsp3) is 0.409. The Hall–Kier alpha value is -2.38. The number of amides is 2. The second-order valence-corrected chi connectivity index (χ2v) is 9.78. The molecule has 0 bridgehead atoms. The molecule has 2 heterocycles. The third-order valence-corrected chi connectivity index (χ3v) is 5.97. The Morgan fingerprint density at radius 1 is 1.23 bits per heavy atom. The zero-order valence-corrected chi connectivity index (χ0v) is 19.5. The van der Waals surface area contributed by atoms with E-state index in [1.807, 2.05) is 69.6 Å². The van der Waals surface area contributed by atoms with Gasteiger partial charge >= 0.3 is 0 Å². The molecular formula is C22H27ClN4O2S. The molecule has 0 aliphatic heterocycles. The summed E-state index contributed by atoms with van der Waals surface area (Å²) < 4.78 is 1.91. The minimum atomic E-state index is -0.334. The number of aromatic nitrogens is 2. The summed E-state index contributed by atoms with van der Waals surface area (Å²) in [6.07, 6.45) is 0. The van der Waals surface area contributed by atoms with Gasteiger partial charge in [0.05, 0.1) is 23.7 Å². The molecule has 0 unspecified atom stereocenters. The number of hydrogen-bond acceptors (Lipinski definition) is 4. The number of nitrogens with zero attached hydrogens (tertiary/aromatic N) is 3. The van der Waals surface area contributed by atoms with Gasteiger partial charge in [-0.25, -0.2) is 0 Å². The van der Waals surface area contributed by atoms with Crippen molar-refractivity contribution in [3.63, 3.8) is 0 Å².